The number of nitrogens with zero attached hydrogens (tertiary/aromatic N) is 3. The third-order valence-electron chi connectivity index (χ3n) is 3.32. The minimum Gasteiger partial charge on any atom is -0.469 e. The quantitative estimate of drug-likeness (QED) is 0.888. The molecule has 0 aliphatic rings. The molecule has 2 heterocycles. The molecular weight excluding hydrogens is 276 g/mol. The van der Waals surface area contributed by atoms with E-state index in [1.807, 2.05) is 31.8 Å². The molecule has 0 aliphatic heterocycles. The number of hydrogen-bond acceptors (Lipinski definition) is 4. The molecule has 110 valence electrons. The molecule has 1 atom stereocenters. The van der Waals surface area contributed by atoms with Crippen LogP contribution in [0.2, 0.25) is 5.02 Å². The fraction of sp³-hybridized carbons (Fsp3) is 0.500. The van der Waals surface area contributed by atoms with Crippen LogP contribution in [0.3, 0.4) is 0 Å². The van der Waals surface area contributed by atoms with Gasteiger partial charge in [-0.15, -0.1) is 0 Å². The van der Waals surface area contributed by atoms with E-state index in [1.165, 1.54) is 0 Å². The largest absolute Gasteiger partial charge is 0.469 e. The average Bonchev–Trinajstić information content (AvgIpc) is 3.01. The first-order valence-electron chi connectivity index (χ1n) is 6.72. The van der Waals surface area contributed by atoms with Gasteiger partial charge in [0.1, 0.15) is 5.76 Å². The lowest BCUT2D eigenvalue weighted by molar-refractivity contribution is 0.368. The molecule has 0 bridgehead atoms. The van der Waals surface area contributed by atoms with Gasteiger partial charge in [-0.05, 0) is 20.2 Å². The number of furan rings is 1. The number of likely N-dealkylation sites (N-methyl/N-ethyl adjacent to an activating group) is 1. The molecule has 0 radical (unpaired) electrons. The third kappa shape index (κ3) is 3.06. The van der Waals surface area contributed by atoms with Gasteiger partial charge in [-0.1, -0.05) is 18.5 Å². The van der Waals surface area contributed by atoms with Crippen LogP contribution in [0.5, 0.6) is 0 Å². The molecule has 0 amide bonds. The van der Waals surface area contributed by atoms with E-state index in [9.17, 15) is 0 Å². The predicted molar refractivity (Wildman–Crippen MR) is 79.9 cm³/mol. The third-order valence-corrected chi connectivity index (χ3v) is 3.61. The number of aromatic nitrogens is 2. The van der Waals surface area contributed by atoms with E-state index in [0.29, 0.717) is 5.02 Å². The molecule has 5 nitrogen and oxygen atoms in total. The highest BCUT2D eigenvalue weighted by Crippen LogP contribution is 2.29. The Kier molecular flexibility index (Phi) is 4.86. The van der Waals surface area contributed by atoms with Crippen LogP contribution >= 0.6 is 11.6 Å². The summed E-state index contributed by atoms with van der Waals surface area (Å²) in [6.07, 6.45) is 4.13. The van der Waals surface area contributed by atoms with E-state index in [-0.39, 0.29) is 6.04 Å². The smallest absolute Gasteiger partial charge is 0.108 e. The van der Waals surface area contributed by atoms with Crippen molar-refractivity contribution in [3.8, 4) is 0 Å². The van der Waals surface area contributed by atoms with Gasteiger partial charge < -0.3 is 15.1 Å². The first-order valence-corrected chi connectivity index (χ1v) is 7.10. The Bertz CT molecular complexity index is 561. The Morgan fingerprint density at radius 1 is 1.50 bits per heavy atom. The number of aryl methyl sites for hydroxylation is 1. The van der Waals surface area contributed by atoms with Gasteiger partial charge in [-0.25, -0.2) is 0 Å². The summed E-state index contributed by atoms with van der Waals surface area (Å²) in [5, 5.41) is 4.92. The summed E-state index contributed by atoms with van der Waals surface area (Å²) in [4.78, 5) is 2.10. The Labute approximate surface area is 124 Å². The van der Waals surface area contributed by atoms with Gasteiger partial charge in [0.25, 0.3) is 0 Å². The summed E-state index contributed by atoms with van der Waals surface area (Å²) >= 11 is 6.26. The lowest BCUT2D eigenvalue weighted by Gasteiger charge is -2.16. The second kappa shape index (κ2) is 6.43. The molecule has 2 aromatic rings. The minimum atomic E-state index is -0.319. The van der Waals surface area contributed by atoms with E-state index in [4.69, 9.17) is 21.8 Å². The number of rotatable bonds is 6. The van der Waals surface area contributed by atoms with Crippen molar-refractivity contribution in [2.24, 2.45) is 5.73 Å². The van der Waals surface area contributed by atoms with Crippen molar-refractivity contribution >= 4 is 11.6 Å². The van der Waals surface area contributed by atoms with Gasteiger partial charge in [0.15, 0.2) is 0 Å². The molecule has 1 unspecified atom stereocenters. The van der Waals surface area contributed by atoms with Crippen LogP contribution in [0.4, 0.5) is 0 Å². The van der Waals surface area contributed by atoms with Crippen LogP contribution in [0.1, 0.15) is 30.0 Å². The maximum absolute atomic E-state index is 6.37. The molecule has 6 heteroatoms. The molecule has 20 heavy (non-hydrogen) atoms. The van der Waals surface area contributed by atoms with Crippen molar-refractivity contribution in [2.75, 3.05) is 20.6 Å². The topological polar surface area (TPSA) is 60.2 Å². The Balaban J connectivity index is 2.29. The maximum atomic E-state index is 6.37. The SMILES string of the molecule is CCc1occc1C(N)c1c(Cl)cnn1CCN(C)C. The molecular formula is C14H21ClN4O. The van der Waals surface area contributed by atoms with E-state index in [0.717, 1.165) is 36.5 Å². The number of hydrogen-bond donors (Lipinski definition) is 1. The summed E-state index contributed by atoms with van der Waals surface area (Å²) in [5.74, 6) is 0.897. The molecule has 0 fully saturated rings. The highest BCUT2D eigenvalue weighted by Gasteiger charge is 2.22. The van der Waals surface area contributed by atoms with Gasteiger partial charge in [-0.3, -0.25) is 4.68 Å². The first-order chi connectivity index (χ1) is 9.54. The fourth-order valence-electron chi connectivity index (χ4n) is 2.22. The summed E-state index contributed by atoms with van der Waals surface area (Å²) in [6, 6.07) is 1.59. The highest BCUT2D eigenvalue weighted by atomic mass is 35.5. The van der Waals surface area contributed by atoms with Crippen molar-refractivity contribution < 1.29 is 4.42 Å². The zero-order valence-corrected chi connectivity index (χ0v) is 12.9. The average molecular weight is 297 g/mol. The molecule has 0 spiro atoms. The number of nitrogens with two attached hydrogens (primary N) is 1. The number of halogens is 1. The van der Waals surface area contributed by atoms with Gasteiger partial charge in [0.05, 0.1) is 35.8 Å². The van der Waals surface area contributed by atoms with Gasteiger partial charge in [0, 0.05) is 18.5 Å². The summed E-state index contributed by atoms with van der Waals surface area (Å²) in [7, 11) is 4.05. The second-order valence-corrected chi connectivity index (χ2v) is 5.44. The van der Waals surface area contributed by atoms with E-state index in [1.54, 1.807) is 12.5 Å². The molecule has 0 saturated carbocycles. The van der Waals surface area contributed by atoms with Crippen molar-refractivity contribution in [2.45, 2.75) is 25.9 Å². The van der Waals surface area contributed by atoms with Crippen molar-refractivity contribution in [3.05, 3.63) is 40.6 Å². The zero-order valence-electron chi connectivity index (χ0n) is 12.1. The van der Waals surface area contributed by atoms with Crippen LogP contribution in [-0.2, 0) is 13.0 Å². The van der Waals surface area contributed by atoms with Crippen LogP contribution in [0, 0.1) is 0 Å². The molecule has 2 aromatic heterocycles. The van der Waals surface area contributed by atoms with Gasteiger partial charge >= 0.3 is 0 Å². The standard InChI is InChI=1S/C14H21ClN4O/c1-4-12-10(5-8-20-12)13(16)14-11(15)9-17-19(14)7-6-18(2)3/h5,8-9,13H,4,6-7,16H2,1-3H3. The van der Waals surface area contributed by atoms with Crippen LogP contribution in [-0.4, -0.2) is 35.3 Å². The normalized spacial score (nSPS) is 13.1. The van der Waals surface area contributed by atoms with Crippen molar-refractivity contribution in [1.29, 1.82) is 0 Å². The van der Waals surface area contributed by atoms with Crippen LogP contribution in [0.25, 0.3) is 0 Å². The lowest BCUT2D eigenvalue weighted by Crippen LogP contribution is -2.23. The molecule has 0 aliphatic carbocycles. The highest BCUT2D eigenvalue weighted by molar-refractivity contribution is 6.31. The zero-order chi connectivity index (χ0) is 14.7. The van der Waals surface area contributed by atoms with E-state index >= 15 is 0 Å². The Morgan fingerprint density at radius 3 is 2.90 bits per heavy atom. The summed E-state index contributed by atoms with van der Waals surface area (Å²) in [5.41, 5.74) is 8.18. The van der Waals surface area contributed by atoms with Gasteiger partial charge in [-0.2, -0.15) is 5.10 Å². The molecule has 0 aromatic carbocycles. The van der Waals surface area contributed by atoms with E-state index < -0.39 is 0 Å². The van der Waals surface area contributed by atoms with Crippen molar-refractivity contribution in [3.63, 3.8) is 0 Å². The molecule has 2 rings (SSSR count). The van der Waals surface area contributed by atoms with Crippen LogP contribution < -0.4 is 5.73 Å². The summed E-state index contributed by atoms with van der Waals surface area (Å²) in [6.45, 7) is 3.67. The molecule has 2 N–H and O–H groups in total. The van der Waals surface area contributed by atoms with E-state index in [2.05, 4.69) is 10.00 Å². The molecule has 0 saturated heterocycles. The predicted octanol–water partition coefficient (Wildman–Crippen LogP) is 2.30. The fourth-order valence-corrected chi connectivity index (χ4v) is 2.48. The maximum Gasteiger partial charge on any atom is 0.108 e. The monoisotopic (exact) mass is 296 g/mol. The first kappa shape index (κ1) is 15.1. The lowest BCUT2D eigenvalue weighted by atomic mass is 10.0. The van der Waals surface area contributed by atoms with Crippen LogP contribution in [0.15, 0.2) is 22.9 Å². The second-order valence-electron chi connectivity index (χ2n) is 5.03. The summed E-state index contributed by atoms with van der Waals surface area (Å²) < 4.78 is 7.32. The van der Waals surface area contributed by atoms with Crippen molar-refractivity contribution in [1.82, 2.24) is 14.7 Å². The Hall–Kier alpha value is -1.30. The minimum absolute atomic E-state index is 0.319. The van der Waals surface area contributed by atoms with Gasteiger partial charge in [0.2, 0.25) is 0 Å². The Morgan fingerprint density at radius 2 is 2.25 bits per heavy atom.